The first kappa shape index (κ1) is 10.9. The van der Waals surface area contributed by atoms with E-state index in [0.717, 1.165) is 12.8 Å². The largest absolute Gasteiger partial charge is 0.386 e. The monoisotopic (exact) mass is 212 g/mol. The highest BCUT2D eigenvalue weighted by atomic mass is 16.3. The van der Waals surface area contributed by atoms with Gasteiger partial charge in [-0.1, -0.05) is 13.3 Å². The molecule has 4 nitrogen and oxygen atoms in total. The van der Waals surface area contributed by atoms with Crippen LogP contribution in [0.3, 0.4) is 0 Å². The molecule has 0 atom stereocenters. The summed E-state index contributed by atoms with van der Waals surface area (Å²) in [6.07, 6.45) is 4.17. The molecule has 0 spiro atoms. The van der Waals surface area contributed by atoms with E-state index in [0.29, 0.717) is 25.7 Å². The lowest BCUT2D eigenvalue weighted by Crippen LogP contribution is -2.64. The summed E-state index contributed by atoms with van der Waals surface area (Å²) in [6, 6.07) is 0.574. The van der Waals surface area contributed by atoms with Gasteiger partial charge in [-0.2, -0.15) is 0 Å². The average molecular weight is 212 g/mol. The molecular formula is C11H20N2O2. The summed E-state index contributed by atoms with van der Waals surface area (Å²) < 4.78 is 0. The second-order valence-electron chi connectivity index (χ2n) is 4.88. The zero-order chi connectivity index (χ0) is 10.9. The van der Waals surface area contributed by atoms with E-state index >= 15 is 0 Å². The topological polar surface area (TPSA) is 52.6 Å². The molecule has 1 aliphatic carbocycles. The van der Waals surface area contributed by atoms with Gasteiger partial charge in [0.1, 0.15) is 0 Å². The van der Waals surface area contributed by atoms with Gasteiger partial charge in [0, 0.05) is 6.04 Å². The highest BCUT2D eigenvalue weighted by Gasteiger charge is 2.42. The highest BCUT2D eigenvalue weighted by Crippen LogP contribution is 2.25. The van der Waals surface area contributed by atoms with Crippen LogP contribution in [0.15, 0.2) is 0 Å². The minimum atomic E-state index is -0.593. The Balaban J connectivity index is 1.66. The number of hydrogen-bond donors (Lipinski definition) is 2. The fourth-order valence-electron chi connectivity index (χ4n) is 2.09. The average Bonchev–Trinajstić information content (AvgIpc) is 2.94. The number of rotatable bonds is 5. The Morgan fingerprint density at radius 3 is 2.73 bits per heavy atom. The summed E-state index contributed by atoms with van der Waals surface area (Å²) in [6.45, 7) is 3.53. The molecule has 0 bridgehead atoms. The second-order valence-corrected chi connectivity index (χ2v) is 4.88. The van der Waals surface area contributed by atoms with Crippen LogP contribution in [0.5, 0.6) is 0 Å². The molecule has 2 aliphatic rings. The van der Waals surface area contributed by atoms with E-state index in [1.54, 1.807) is 4.90 Å². The number of nitrogens with one attached hydrogen (secondary N) is 1. The summed E-state index contributed by atoms with van der Waals surface area (Å²) >= 11 is 0. The van der Waals surface area contributed by atoms with Crippen molar-refractivity contribution in [3.8, 4) is 0 Å². The van der Waals surface area contributed by atoms with Crippen molar-refractivity contribution in [2.75, 3.05) is 19.6 Å². The van der Waals surface area contributed by atoms with Crippen LogP contribution in [0.1, 0.15) is 32.6 Å². The predicted molar refractivity (Wildman–Crippen MR) is 57.5 cm³/mol. The van der Waals surface area contributed by atoms with Crippen LogP contribution in [0, 0.1) is 0 Å². The Kier molecular flexibility index (Phi) is 2.98. The molecular weight excluding hydrogens is 192 g/mol. The van der Waals surface area contributed by atoms with Crippen molar-refractivity contribution in [1.82, 2.24) is 10.2 Å². The molecule has 1 aliphatic heterocycles. The number of aliphatic hydroxyl groups is 1. The van der Waals surface area contributed by atoms with Gasteiger partial charge in [-0.25, -0.2) is 0 Å². The van der Waals surface area contributed by atoms with Crippen molar-refractivity contribution in [2.24, 2.45) is 0 Å². The van der Waals surface area contributed by atoms with Gasteiger partial charge in [-0.3, -0.25) is 4.79 Å². The summed E-state index contributed by atoms with van der Waals surface area (Å²) in [5, 5.41) is 13.1. The third-order valence-electron chi connectivity index (χ3n) is 3.16. The Morgan fingerprint density at radius 1 is 1.53 bits per heavy atom. The van der Waals surface area contributed by atoms with Gasteiger partial charge >= 0.3 is 0 Å². The molecule has 0 unspecified atom stereocenters. The molecule has 1 heterocycles. The number of β-amino-alcohol motifs (C(OH)–C–C–N with tert-alkyl or cyclic N) is 1. The van der Waals surface area contributed by atoms with Gasteiger partial charge in [-0.15, -0.1) is 0 Å². The lowest BCUT2D eigenvalue weighted by Gasteiger charge is -2.46. The number of hydrogen-bond acceptors (Lipinski definition) is 3. The quantitative estimate of drug-likeness (QED) is 0.680. The maximum Gasteiger partial charge on any atom is 0.236 e. The van der Waals surface area contributed by atoms with Gasteiger partial charge in [0.2, 0.25) is 5.91 Å². The van der Waals surface area contributed by atoms with Gasteiger partial charge in [-0.05, 0) is 19.3 Å². The molecule has 2 N–H and O–H groups in total. The maximum atomic E-state index is 11.6. The van der Waals surface area contributed by atoms with Crippen LogP contribution in [-0.2, 0) is 4.79 Å². The van der Waals surface area contributed by atoms with E-state index in [1.165, 1.54) is 12.8 Å². The maximum absolute atomic E-state index is 11.6. The molecule has 2 rings (SSSR count). The van der Waals surface area contributed by atoms with Crippen molar-refractivity contribution in [2.45, 2.75) is 44.2 Å². The highest BCUT2D eigenvalue weighted by molar-refractivity contribution is 5.79. The van der Waals surface area contributed by atoms with Crippen LogP contribution in [0.2, 0.25) is 0 Å². The third-order valence-corrected chi connectivity index (χ3v) is 3.16. The first-order valence-electron chi connectivity index (χ1n) is 5.86. The molecule has 2 fully saturated rings. The molecule has 1 saturated carbocycles. The summed E-state index contributed by atoms with van der Waals surface area (Å²) in [5.41, 5.74) is -0.593. The molecule has 4 heteroatoms. The van der Waals surface area contributed by atoms with Crippen LogP contribution in [0.25, 0.3) is 0 Å². The van der Waals surface area contributed by atoms with Crippen LogP contribution in [0.4, 0.5) is 0 Å². The smallest absolute Gasteiger partial charge is 0.236 e. The number of carbonyl (C=O) groups excluding carboxylic acids is 1. The van der Waals surface area contributed by atoms with E-state index in [-0.39, 0.29) is 5.91 Å². The standard InChI is InChI=1S/C11H20N2O2/c1-2-5-11(15)7-13(8-11)10(14)6-12-9-3-4-9/h9,12,15H,2-8H2,1H3. The number of amides is 1. The molecule has 0 aromatic rings. The predicted octanol–water partition coefficient (Wildman–Crippen LogP) is 0.112. The van der Waals surface area contributed by atoms with Gasteiger partial charge in [0.15, 0.2) is 0 Å². The first-order chi connectivity index (χ1) is 7.13. The lowest BCUT2D eigenvalue weighted by atomic mass is 9.89. The van der Waals surface area contributed by atoms with Crippen LogP contribution < -0.4 is 5.32 Å². The van der Waals surface area contributed by atoms with Crippen molar-refractivity contribution in [3.05, 3.63) is 0 Å². The van der Waals surface area contributed by atoms with E-state index in [1.807, 2.05) is 0 Å². The molecule has 0 aromatic carbocycles. The van der Waals surface area contributed by atoms with Crippen molar-refractivity contribution < 1.29 is 9.90 Å². The number of carbonyl (C=O) groups is 1. The Morgan fingerprint density at radius 2 is 2.20 bits per heavy atom. The first-order valence-corrected chi connectivity index (χ1v) is 5.86. The molecule has 0 aromatic heterocycles. The lowest BCUT2D eigenvalue weighted by molar-refractivity contribution is -0.155. The van der Waals surface area contributed by atoms with Crippen LogP contribution >= 0.6 is 0 Å². The normalized spacial score (nSPS) is 23.7. The van der Waals surface area contributed by atoms with Crippen molar-refractivity contribution in [1.29, 1.82) is 0 Å². The van der Waals surface area contributed by atoms with E-state index < -0.39 is 5.60 Å². The fourth-order valence-corrected chi connectivity index (χ4v) is 2.09. The van der Waals surface area contributed by atoms with E-state index in [2.05, 4.69) is 12.2 Å². The SMILES string of the molecule is CCCC1(O)CN(C(=O)CNC2CC2)C1. The van der Waals surface area contributed by atoms with Crippen LogP contribution in [-0.4, -0.2) is 47.2 Å². The minimum Gasteiger partial charge on any atom is -0.386 e. The zero-order valence-electron chi connectivity index (χ0n) is 9.33. The molecule has 1 saturated heterocycles. The number of likely N-dealkylation sites (tertiary alicyclic amines) is 1. The Labute approximate surface area is 90.6 Å². The van der Waals surface area contributed by atoms with Gasteiger partial charge in [0.05, 0.1) is 25.2 Å². The zero-order valence-corrected chi connectivity index (χ0v) is 9.33. The molecule has 15 heavy (non-hydrogen) atoms. The van der Waals surface area contributed by atoms with Gasteiger partial charge in [0.25, 0.3) is 0 Å². The molecule has 1 amide bonds. The number of nitrogens with zero attached hydrogens (tertiary/aromatic N) is 1. The van der Waals surface area contributed by atoms with Gasteiger partial charge < -0.3 is 15.3 Å². The van der Waals surface area contributed by atoms with E-state index in [4.69, 9.17) is 0 Å². The summed E-state index contributed by atoms with van der Waals surface area (Å²) in [5.74, 6) is 0.127. The second kappa shape index (κ2) is 4.10. The Hall–Kier alpha value is -0.610. The third kappa shape index (κ3) is 2.69. The summed E-state index contributed by atoms with van der Waals surface area (Å²) in [7, 11) is 0. The van der Waals surface area contributed by atoms with E-state index in [9.17, 15) is 9.90 Å². The van der Waals surface area contributed by atoms with Crippen molar-refractivity contribution >= 4 is 5.91 Å². The Bertz CT molecular complexity index is 245. The van der Waals surface area contributed by atoms with Crippen molar-refractivity contribution in [3.63, 3.8) is 0 Å². The minimum absolute atomic E-state index is 0.127. The summed E-state index contributed by atoms with van der Waals surface area (Å²) in [4.78, 5) is 13.3. The fraction of sp³-hybridized carbons (Fsp3) is 0.909. The molecule has 0 radical (unpaired) electrons. The molecule has 86 valence electrons.